The van der Waals surface area contributed by atoms with E-state index in [0.29, 0.717) is 5.75 Å². The molecule has 0 unspecified atom stereocenters. The van der Waals surface area contributed by atoms with Gasteiger partial charge in [0.25, 0.3) is 0 Å². The average molecular weight is 458 g/mol. The van der Waals surface area contributed by atoms with Gasteiger partial charge in [-0.3, -0.25) is 0 Å². The maximum Gasteiger partial charge on any atom is 0.123 e. The third-order valence-electron chi connectivity index (χ3n) is 7.02. The van der Waals surface area contributed by atoms with E-state index in [-0.39, 0.29) is 10.8 Å². The van der Waals surface area contributed by atoms with E-state index in [1.165, 1.54) is 108 Å². The number of aromatic hydroxyl groups is 1. The minimum absolute atomic E-state index is 0.0621. The summed E-state index contributed by atoms with van der Waals surface area (Å²) in [7, 11) is 0. The molecule has 0 saturated carbocycles. The van der Waals surface area contributed by atoms with Gasteiger partial charge in [0.1, 0.15) is 5.75 Å². The van der Waals surface area contributed by atoms with Gasteiger partial charge in [-0.2, -0.15) is 0 Å². The van der Waals surface area contributed by atoms with Crippen LogP contribution in [0.2, 0.25) is 0 Å². The Morgan fingerprint density at radius 2 is 1.00 bits per heavy atom. The summed E-state index contributed by atoms with van der Waals surface area (Å²) < 4.78 is 0. The van der Waals surface area contributed by atoms with E-state index in [2.05, 4.69) is 54.5 Å². The minimum atomic E-state index is -0.0633. The van der Waals surface area contributed by atoms with Crippen molar-refractivity contribution in [1.29, 1.82) is 0 Å². The highest BCUT2D eigenvalue weighted by atomic mass is 16.3. The lowest BCUT2D eigenvalue weighted by atomic mass is 9.76. The number of phenolic OH excluding ortho intramolecular Hbond substituents is 1. The molecule has 0 aromatic heterocycles. The molecule has 0 aliphatic carbocycles. The lowest BCUT2D eigenvalue weighted by molar-refractivity contribution is 0.420. The van der Waals surface area contributed by atoms with Crippen LogP contribution in [0.25, 0.3) is 0 Å². The van der Waals surface area contributed by atoms with Crippen molar-refractivity contribution >= 4 is 0 Å². The van der Waals surface area contributed by atoms with Gasteiger partial charge in [-0.15, -0.1) is 0 Å². The van der Waals surface area contributed by atoms with E-state index in [0.717, 1.165) is 17.5 Å². The Morgan fingerprint density at radius 3 is 1.36 bits per heavy atom. The second kappa shape index (κ2) is 15.8. The van der Waals surface area contributed by atoms with E-state index >= 15 is 0 Å². The van der Waals surface area contributed by atoms with Crippen molar-refractivity contribution in [3.63, 3.8) is 0 Å². The van der Waals surface area contributed by atoms with Gasteiger partial charge in [0, 0.05) is 11.1 Å². The van der Waals surface area contributed by atoms with Crippen LogP contribution in [0.5, 0.6) is 5.75 Å². The zero-order chi connectivity index (χ0) is 24.7. The first-order valence-electron chi connectivity index (χ1n) is 14.4. The van der Waals surface area contributed by atoms with E-state index in [1.54, 1.807) is 0 Å². The van der Waals surface area contributed by atoms with Crippen molar-refractivity contribution in [2.75, 3.05) is 0 Å². The maximum atomic E-state index is 11.1. The second-order valence-electron chi connectivity index (χ2n) is 12.5. The molecule has 0 saturated heterocycles. The third-order valence-corrected chi connectivity index (χ3v) is 7.02. The Kier molecular flexibility index (Phi) is 14.4. The number of unbranched alkanes of at least 4 members (excludes halogenated alkanes) is 15. The number of hydrogen-bond acceptors (Lipinski definition) is 1. The highest BCUT2D eigenvalue weighted by Crippen LogP contribution is 2.41. The molecule has 1 aromatic rings. The predicted molar refractivity (Wildman–Crippen MR) is 148 cm³/mol. The summed E-state index contributed by atoms with van der Waals surface area (Å²) in [5.74, 6) is 0.500. The normalized spacial score (nSPS) is 12.5. The second-order valence-corrected chi connectivity index (χ2v) is 12.5. The number of aryl methyl sites for hydroxylation is 1. The molecular weight excluding hydrogens is 400 g/mol. The van der Waals surface area contributed by atoms with Gasteiger partial charge in [-0.1, -0.05) is 145 Å². The first-order chi connectivity index (χ1) is 15.6. The summed E-state index contributed by atoms with van der Waals surface area (Å²) in [5, 5.41) is 11.1. The summed E-state index contributed by atoms with van der Waals surface area (Å²) in [5.41, 5.74) is 3.22. The summed E-state index contributed by atoms with van der Waals surface area (Å²) in [4.78, 5) is 0. The fourth-order valence-corrected chi connectivity index (χ4v) is 5.00. The Morgan fingerprint density at radius 1 is 0.606 bits per heavy atom. The first-order valence-corrected chi connectivity index (χ1v) is 14.4. The molecule has 1 rings (SSSR count). The van der Waals surface area contributed by atoms with Gasteiger partial charge in [0.2, 0.25) is 0 Å². The lowest BCUT2D eigenvalue weighted by Crippen LogP contribution is -2.19. The molecule has 1 nitrogen and oxygen atoms in total. The van der Waals surface area contributed by atoms with Crippen molar-refractivity contribution in [1.82, 2.24) is 0 Å². The van der Waals surface area contributed by atoms with Crippen LogP contribution in [-0.4, -0.2) is 5.11 Å². The van der Waals surface area contributed by atoms with Crippen LogP contribution in [0, 0.1) is 6.07 Å². The third kappa shape index (κ3) is 12.3. The van der Waals surface area contributed by atoms with Gasteiger partial charge < -0.3 is 5.11 Å². The fraction of sp³-hybridized carbons (Fsp3) is 0.812. The molecule has 0 bridgehead atoms. The monoisotopic (exact) mass is 457 g/mol. The van der Waals surface area contributed by atoms with Crippen molar-refractivity contribution in [3.8, 4) is 5.75 Å². The Balaban J connectivity index is 2.19. The lowest BCUT2D eigenvalue weighted by Gasteiger charge is -2.29. The van der Waals surface area contributed by atoms with Crippen LogP contribution in [0.3, 0.4) is 0 Å². The van der Waals surface area contributed by atoms with Crippen LogP contribution in [-0.2, 0) is 17.3 Å². The Labute approximate surface area is 208 Å². The molecule has 0 atom stereocenters. The quantitative estimate of drug-likeness (QED) is 0.231. The molecule has 33 heavy (non-hydrogen) atoms. The summed E-state index contributed by atoms with van der Waals surface area (Å²) >= 11 is 0. The molecule has 1 N–H and O–H groups in total. The molecule has 0 fully saturated rings. The van der Waals surface area contributed by atoms with Gasteiger partial charge in [0.15, 0.2) is 0 Å². The van der Waals surface area contributed by atoms with Gasteiger partial charge in [0.05, 0.1) is 0 Å². The largest absolute Gasteiger partial charge is 0.507 e. The van der Waals surface area contributed by atoms with Crippen LogP contribution < -0.4 is 0 Å². The SMILES string of the molecule is CCCCCCCCCCCCCCCCCCc1[c]cc(C(C)(C)C)c(O)c1C(C)(C)C. The van der Waals surface area contributed by atoms with Crippen LogP contribution in [0.15, 0.2) is 6.07 Å². The van der Waals surface area contributed by atoms with Crippen molar-refractivity contribution in [3.05, 3.63) is 28.8 Å². The Bertz CT molecular complexity index is 629. The topological polar surface area (TPSA) is 20.2 Å². The number of phenols is 1. The molecule has 191 valence electrons. The molecule has 0 heterocycles. The standard InChI is InChI=1S/C32H57O/c1-8-9-10-11-12-13-14-15-16-17-18-19-20-21-22-23-24-27-25-26-28(31(2,3)4)30(33)29(27)32(5,6)7/h26,33H,8-24H2,1-7H3. The zero-order valence-corrected chi connectivity index (χ0v) is 23.5. The Hall–Kier alpha value is -0.980. The number of hydrogen-bond donors (Lipinski definition) is 1. The zero-order valence-electron chi connectivity index (χ0n) is 23.5. The highest BCUT2D eigenvalue weighted by Gasteiger charge is 2.27. The molecule has 1 heteroatoms. The molecule has 0 amide bonds. The fourth-order valence-electron chi connectivity index (χ4n) is 5.00. The molecule has 1 aromatic carbocycles. The van der Waals surface area contributed by atoms with Crippen LogP contribution in [0.1, 0.15) is 168 Å². The average Bonchev–Trinajstić information content (AvgIpc) is 2.71. The van der Waals surface area contributed by atoms with Gasteiger partial charge in [-0.25, -0.2) is 0 Å². The van der Waals surface area contributed by atoms with E-state index in [1.807, 2.05) is 6.07 Å². The number of rotatable bonds is 17. The smallest absolute Gasteiger partial charge is 0.123 e. The van der Waals surface area contributed by atoms with Crippen molar-refractivity contribution < 1.29 is 5.11 Å². The van der Waals surface area contributed by atoms with Crippen LogP contribution in [0.4, 0.5) is 0 Å². The van der Waals surface area contributed by atoms with Crippen molar-refractivity contribution in [2.24, 2.45) is 0 Å². The van der Waals surface area contributed by atoms with Gasteiger partial charge in [-0.05, 0) is 41.4 Å². The van der Waals surface area contributed by atoms with E-state index < -0.39 is 0 Å². The number of benzene rings is 1. The molecule has 1 radical (unpaired) electrons. The summed E-state index contributed by atoms with van der Waals surface area (Å²) in [6.07, 6.45) is 23.4. The minimum Gasteiger partial charge on any atom is -0.507 e. The van der Waals surface area contributed by atoms with Crippen molar-refractivity contribution in [2.45, 2.75) is 168 Å². The summed E-state index contributed by atoms with van der Waals surface area (Å²) in [6, 6.07) is 5.59. The summed E-state index contributed by atoms with van der Waals surface area (Å²) in [6.45, 7) is 15.4. The molecule has 0 spiro atoms. The van der Waals surface area contributed by atoms with E-state index in [4.69, 9.17) is 0 Å². The molecular formula is C32H57O. The molecule has 0 aliphatic heterocycles. The van der Waals surface area contributed by atoms with E-state index in [9.17, 15) is 5.11 Å². The van der Waals surface area contributed by atoms with Crippen LogP contribution >= 0.6 is 0 Å². The highest BCUT2D eigenvalue weighted by molar-refractivity contribution is 5.51. The predicted octanol–water partition coefficient (Wildman–Crippen LogP) is 10.6. The van der Waals surface area contributed by atoms with Gasteiger partial charge >= 0.3 is 0 Å². The maximum absolute atomic E-state index is 11.1. The first kappa shape index (κ1) is 30.1. The molecule has 0 aliphatic rings.